The highest BCUT2D eigenvalue weighted by molar-refractivity contribution is 5.81. The molecule has 24 heavy (non-hydrogen) atoms. The van der Waals surface area contributed by atoms with Gasteiger partial charge in [0.25, 0.3) is 0 Å². The highest BCUT2D eigenvalue weighted by Crippen LogP contribution is 2.37. The van der Waals surface area contributed by atoms with Crippen LogP contribution in [0.5, 0.6) is 11.5 Å². The molecule has 1 N–H and O–H groups in total. The molecule has 0 bridgehead atoms. The van der Waals surface area contributed by atoms with Crippen molar-refractivity contribution in [2.24, 2.45) is 5.92 Å². The summed E-state index contributed by atoms with van der Waals surface area (Å²) in [6, 6.07) is 4.15. The zero-order chi connectivity index (χ0) is 16.7. The van der Waals surface area contributed by atoms with Gasteiger partial charge in [0.1, 0.15) is 19.0 Å². The molecule has 0 spiro atoms. The Balaban J connectivity index is 1.80. The van der Waals surface area contributed by atoms with Crippen LogP contribution in [0.15, 0.2) is 12.1 Å². The van der Waals surface area contributed by atoms with Crippen molar-refractivity contribution in [3.63, 3.8) is 0 Å². The fourth-order valence-corrected chi connectivity index (χ4v) is 3.76. The normalized spacial score (nSPS) is 21.2. The Bertz CT molecular complexity index is 739. The number of ether oxygens (including phenoxy) is 2. The number of benzene rings is 1. The molecule has 0 aliphatic carbocycles. The maximum Gasteiger partial charge on any atom is 0.163 e. The van der Waals surface area contributed by atoms with Crippen LogP contribution in [0.1, 0.15) is 39.4 Å². The lowest BCUT2D eigenvalue weighted by Gasteiger charge is -2.27. The summed E-state index contributed by atoms with van der Waals surface area (Å²) in [5.41, 5.74) is 2.17. The highest BCUT2D eigenvalue weighted by atomic mass is 16.6. The number of hydrogen-bond acceptors (Lipinski definition) is 4. The van der Waals surface area contributed by atoms with E-state index in [9.17, 15) is 0 Å². The zero-order valence-corrected chi connectivity index (χ0v) is 14.9. The first-order valence-electron chi connectivity index (χ1n) is 9.03. The quantitative estimate of drug-likeness (QED) is 0.920. The molecule has 2 aliphatic heterocycles. The van der Waals surface area contributed by atoms with Crippen LogP contribution >= 0.6 is 0 Å². The maximum absolute atomic E-state index is 5.79. The van der Waals surface area contributed by atoms with Crippen molar-refractivity contribution in [2.75, 3.05) is 26.3 Å². The van der Waals surface area contributed by atoms with Crippen molar-refractivity contribution in [3.8, 4) is 11.5 Å². The third-order valence-corrected chi connectivity index (χ3v) is 4.92. The van der Waals surface area contributed by atoms with Gasteiger partial charge in [-0.1, -0.05) is 20.8 Å². The van der Waals surface area contributed by atoms with E-state index in [1.165, 1.54) is 12.8 Å². The minimum Gasteiger partial charge on any atom is -0.486 e. The summed E-state index contributed by atoms with van der Waals surface area (Å²) in [4.78, 5) is 4.96. The van der Waals surface area contributed by atoms with Crippen molar-refractivity contribution in [2.45, 2.75) is 45.6 Å². The van der Waals surface area contributed by atoms with Crippen LogP contribution in [0.4, 0.5) is 0 Å². The van der Waals surface area contributed by atoms with Gasteiger partial charge in [0, 0.05) is 24.1 Å². The maximum atomic E-state index is 5.79. The summed E-state index contributed by atoms with van der Waals surface area (Å²) < 4.78 is 13.9. The van der Waals surface area contributed by atoms with Gasteiger partial charge in [0.05, 0.1) is 11.0 Å². The van der Waals surface area contributed by atoms with Crippen LogP contribution < -0.4 is 14.8 Å². The standard InChI is InChI=1S/C19H27N3O2/c1-19(2,3)18-21-14-9-16-17(24-8-7-23-16)10-15(14)22(18)12-13-5-4-6-20-11-13/h9-10,13,20H,4-8,11-12H2,1-3H3. The molecular formula is C19H27N3O2. The largest absolute Gasteiger partial charge is 0.486 e. The third-order valence-electron chi connectivity index (χ3n) is 4.92. The molecule has 1 fully saturated rings. The van der Waals surface area contributed by atoms with E-state index >= 15 is 0 Å². The predicted molar refractivity (Wildman–Crippen MR) is 95.0 cm³/mol. The molecule has 5 nitrogen and oxygen atoms in total. The van der Waals surface area contributed by atoms with E-state index in [4.69, 9.17) is 14.5 Å². The van der Waals surface area contributed by atoms with Crippen molar-refractivity contribution in [1.29, 1.82) is 0 Å². The molecule has 4 rings (SSSR count). The number of nitrogens with one attached hydrogen (secondary N) is 1. The zero-order valence-electron chi connectivity index (χ0n) is 14.9. The second-order valence-electron chi connectivity index (χ2n) is 7.99. The number of piperidine rings is 1. The summed E-state index contributed by atoms with van der Waals surface area (Å²) in [5.74, 6) is 3.46. The van der Waals surface area contributed by atoms with Crippen molar-refractivity contribution in [1.82, 2.24) is 14.9 Å². The molecular weight excluding hydrogens is 302 g/mol. The van der Waals surface area contributed by atoms with E-state index in [0.717, 1.165) is 48.0 Å². The summed E-state index contributed by atoms with van der Waals surface area (Å²) in [5, 5.41) is 3.53. The van der Waals surface area contributed by atoms with Crippen LogP contribution in [0.3, 0.4) is 0 Å². The molecule has 1 aromatic heterocycles. The topological polar surface area (TPSA) is 48.3 Å². The molecule has 130 valence electrons. The lowest BCUT2D eigenvalue weighted by molar-refractivity contribution is 0.172. The first-order valence-corrected chi connectivity index (χ1v) is 9.03. The minimum atomic E-state index is 0.00331. The molecule has 0 amide bonds. The van der Waals surface area contributed by atoms with E-state index in [1.54, 1.807) is 0 Å². The Hall–Kier alpha value is -1.75. The molecule has 5 heteroatoms. The van der Waals surface area contributed by atoms with Gasteiger partial charge in [-0.25, -0.2) is 4.98 Å². The van der Waals surface area contributed by atoms with Gasteiger partial charge >= 0.3 is 0 Å². The summed E-state index contributed by atoms with van der Waals surface area (Å²) >= 11 is 0. The minimum absolute atomic E-state index is 0.00331. The predicted octanol–water partition coefficient (Wildman–Crippen LogP) is 3.10. The van der Waals surface area contributed by atoms with Crippen molar-refractivity contribution < 1.29 is 9.47 Å². The highest BCUT2D eigenvalue weighted by Gasteiger charge is 2.26. The average molecular weight is 329 g/mol. The van der Waals surface area contributed by atoms with Gasteiger partial charge in [-0.3, -0.25) is 0 Å². The van der Waals surface area contributed by atoms with Gasteiger partial charge in [0.2, 0.25) is 0 Å². The molecule has 1 saturated heterocycles. The first-order chi connectivity index (χ1) is 11.5. The van der Waals surface area contributed by atoms with Gasteiger partial charge in [0.15, 0.2) is 11.5 Å². The molecule has 0 radical (unpaired) electrons. The van der Waals surface area contributed by atoms with E-state index in [0.29, 0.717) is 19.1 Å². The number of fused-ring (bicyclic) bond motifs is 2. The van der Waals surface area contributed by atoms with E-state index in [-0.39, 0.29) is 5.41 Å². The van der Waals surface area contributed by atoms with E-state index in [1.807, 2.05) is 6.07 Å². The second-order valence-corrected chi connectivity index (χ2v) is 7.99. The number of rotatable bonds is 2. The summed E-state index contributed by atoms with van der Waals surface area (Å²) in [6.45, 7) is 11.2. The average Bonchev–Trinajstić information content (AvgIpc) is 2.92. The van der Waals surface area contributed by atoms with Crippen molar-refractivity contribution >= 4 is 11.0 Å². The first kappa shape index (κ1) is 15.8. The Labute approximate surface area is 143 Å². The van der Waals surface area contributed by atoms with E-state index in [2.05, 4.69) is 36.7 Å². The van der Waals surface area contributed by atoms with Gasteiger partial charge in [-0.05, 0) is 31.8 Å². The van der Waals surface area contributed by atoms with Crippen molar-refractivity contribution in [3.05, 3.63) is 18.0 Å². The van der Waals surface area contributed by atoms with Gasteiger partial charge < -0.3 is 19.4 Å². The summed E-state index contributed by atoms with van der Waals surface area (Å²) in [7, 11) is 0. The molecule has 1 aromatic carbocycles. The number of aromatic nitrogens is 2. The molecule has 1 unspecified atom stereocenters. The Kier molecular flexibility index (Phi) is 3.91. The Morgan fingerprint density at radius 2 is 1.96 bits per heavy atom. The monoisotopic (exact) mass is 329 g/mol. The SMILES string of the molecule is CC(C)(C)c1nc2cc3c(cc2n1CC1CCCNC1)OCCO3. The molecule has 2 aromatic rings. The summed E-state index contributed by atoms with van der Waals surface area (Å²) in [6.07, 6.45) is 2.54. The van der Waals surface area contributed by atoms with Gasteiger partial charge in [-0.2, -0.15) is 0 Å². The number of hydrogen-bond donors (Lipinski definition) is 1. The second kappa shape index (κ2) is 5.96. The molecule has 2 aliphatic rings. The van der Waals surface area contributed by atoms with Crippen LogP contribution in [0.25, 0.3) is 11.0 Å². The van der Waals surface area contributed by atoms with Crippen LogP contribution in [-0.2, 0) is 12.0 Å². The Morgan fingerprint density at radius 1 is 1.21 bits per heavy atom. The fraction of sp³-hybridized carbons (Fsp3) is 0.632. The number of imidazole rings is 1. The molecule has 0 saturated carbocycles. The smallest absolute Gasteiger partial charge is 0.163 e. The lowest BCUT2D eigenvalue weighted by atomic mass is 9.94. The Morgan fingerprint density at radius 3 is 2.62 bits per heavy atom. The van der Waals surface area contributed by atoms with Crippen LogP contribution in [0.2, 0.25) is 0 Å². The number of nitrogens with zero attached hydrogens (tertiary/aromatic N) is 2. The van der Waals surface area contributed by atoms with Crippen LogP contribution in [-0.4, -0.2) is 35.9 Å². The van der Waals surface area contributed by atoms with E-state index < -0.39 is 0 Å². The van der Waals surface area contributed by atoms with Gasteiger partial charge in [-0.15, -0.1) is 0 Å². The third kappa shape index (κ3) is 2.86. The molecule has 3 heterocycles. The molecule has 1 atom stereocenters. The van der Waals surface area contributed by atoms with Crippen LogP contribution in [0, 0.1) is 5.92 Å². The fourth-order valence-electron chi connectivity index (χ4n) is 3.76. The lowest BCUT2D eigenvalue weighted by Crippen LogP contribution is -2.33.